The summed E-state index contributed by atoms with van der Waals surface area (Å²) in [6, 6.07) is 14.5. The number of benzene rings is 2. The molecule has 0 aromatic heterocycles. The van der Waals surface area contributed by atoms with E-state index in [0.29, 0.717) is 12.2 Å². The van der Waals surface area contributed by atoms with Gasteiger partial charge in [-0.2, -0.15) is 5.26 Å². The van der Waals surface area contributed by atoms with Gasteiger partial charge < -0.3 is 5.32 Å². The molecular formula is C16H15N3O2. The van der Waals surface area contributed by atoms with Crippen molar-refractivity contribution in [2.45, 2.75) is 19.9 Å². The number of anilines is 1. The Kier molecular flexibility index (Phi) is 4.52. The van der Waals surface area contributed by atoms with Crippen LogP contribution in [-0.4, -0.2) is 4.92 Å². The summed E-state index contributed by atoms with van der Waals surface area (Å²) in [4.78, 5) is 10.4. The third-order valence-electron chi connectivity index (χ3n) is 3.24. The first-order chi connectivity index (χ1) is 10.1. The van der Waals surface area contributed by atoms with Gasteiger partial charge in [0, 0.05) is 18.3 Å². The molecule has 2 rings (SSSR count). The first kappa shape index (κ1) is 14.5. The minimum absolute atomic E-state index is 0.0675. The Balaban J connectivity index is 2.11. The highest BCUT2D eigenvalue weighted by Gasteiger charge is 2.13. The van der Waals surface area contributed by atoms with Crippen molar-refractivity contribution >= 4 is 11.4 Å². The van der Waals surface area contributed by atoms with Gasteiger partial charge in [0.05, 0.1) is 4.92 Å². The molecule has 0 fully saturated rings. The molecule has 0 heterocycles. The number of nitriles is 1. The summed E-state index contributed by atoms with van der Waals surface area (Å²) in [6.07, 6.45) is 0.996. The van der Waals surface area contributed by atoms with Gasteiger partial charge in [0.2, 0.25) is 0 Å². The Morgan fingerprint density at radius 3 is 2.43 bits per heavy atom. The molecule has 1 N–H and O–H groups in total. The number of rotatable bonds is 5. The van der Waals surface area contributed by atoms with Crippen LogP contribution in [0.2, 0.25) is 0 Å². The van der Waals surface area contributed by atoms with Gasteiger partial charge in [-0.3, -0.25) is 10.1 Å². The van der Waals surface area contributed by atoms with E-state index >= 15 is 0 Å². The average Bonchev–Trinajstić information content (AvgIpc) is 2.53. The van der Waals surface area contributed by atoms with Crippen LogP contribution < -0.4 is 5.32 Å². The van der Waals surface area contributed by atoms with Crippen molar-refractivity contribution in [1.29, 1.82) is 5.26 Å². The fraction of sp³-hybridized carbons (Fsp3) is 0.188. The maximum absolute atomic E-state index is 10.9. The molecule has 5 nitrogen and oxygen atoms in total. The minimum Gasteiger partial charge on any atom is -0.381 e. The van der Waals surface area contributed by atoms with Gasteiger partial charge >= 0.3 is 0 Å². The highest BCUT2D eigenvalue weighted by Crippen LogP contribution is 2.22. The van der Waals surface area contributed by atoms with E-state index in [1.54, 1.807) is 6.07 Å². The number of nitrogens with one attached hydrogen (secondary N) is 1. The topological polar surface area (TPSA) is 79.0 Å². The monoisotopic (exact) mass is 281 g/mol. The zero-order chi connectivity index (χ0) is 15.2. The highest BCUT2D eigenvalue weighted by atomic mass is 16.6. The summed E-state index contributed by atoms with van der Waals surface area (Å²) in [5.41, 5.74) is 2.88. The number of nitrogens with zero attached hydrogens (tertiary/aromatic N) is 2. The van der Waals surface area contributed by atoms with Gasteiger partial charge in [0.1, 0.15) is 11.6 Å². The van der Waals surface area contributed by atoms with Gasteiger partial charge in [0.25, 0.3) is 5.69 Å². The smallest absolute Gasteiger partial charge is 0.289 e. The zero-order valence-electron chi connectivity index (χ0n) is 11.7. The van der Waals surface area contributed by atoms with Crippen LogP contribution in [0.5, 0.6) is 0 Å². The van der Waals surface area contributed by atoms with E-state index in [1.165, 1.54) is 17.7 Å². The molecular weight excluding hydrogens is 266 g/mol. The maximum atomic E-state index is 10.9. The van der Waals surface area contributed by atoms with E-state index in [0.717, 1.165) is 12.0 Å². The number of hydrogen-bond acceptors (Lipinski definition) is 4. The SMILES string of the molecule is CCc1ccc(CNc2ccc(C#N)c([N+](=O)[O-])c2)cc1. The van der Waals surface area contributed by atoms with Crippen LogP contribution in [-0.2, 0) is 13.0 Å². The molecule has 0 atom stereocenters. The average molecular weight is 281 g/mol. The highest BCUT2D eigenvalue weighted by molar-refractivity contribution is 5.59. The van der Waals surface area contributed by atoms with Crippen molar-refractivity contribution in [2.24, 2.45) is 0 Å². The zero-order valence-corrected chi connectivity index (χ0v) is 11.7. The molecule has 2 aromatic rings. The van der Waals surface area contributed by atoms with Gasteiger partial charge in [-0.25, -0.2) is 0 Å². The Morgan fingerprint density at radius 2 is 1.86 bits per heavy atom. The molecule has 106 valence electrons. The van der Waals surface area contributed by atoms with Crippen molar-refractivity contribution in [3.05, 3.63) is 69.3 Å². The van der Waals surface area contributed by atoms with E-state index in [-0.39, 0.29) is 11.3 Å². The molecule has 0 aliphatic carbocycles. The Morgan fingerprint density at radius 1 is 1.19 bits per heavy atom. The number of aryl methyl sites for hydroxylation is 1. The molecule has 0 amide bonds. The summed E-state index contributed by atoms with van der Waals surface area (Å²) in [6.45, 7) is 2.68. The summed E-state index contributed by atoms with van der Waals surface area (Å²) in [7, 11) is 0. The van der Waals surface area contributed by atoms with E-state index in [2.05, 4.69) is 24.4 Å². The predicted octanol–water partition coefficient (Wildman–Crippen LogP) is 3.64. The van der Waals surface area contributed by atoms with Crippen LogP contribution >= 0.6 is 0 Å². The second-order valence-corrected chi connectivity index (χ2v) is 4.62. The van der Waals surface area contributed by atoms with Crippen LogP contribution in [0.3, 0.4) is 0 Å². The number of hydrogen-bond donors (Lipinski definition) is 1. The third kappa shape index (κ3) is 3.57. The van der Waals surface area contributed by atoms with Crippen LogP contribution in [0.1, 0.15) is 23.6 Å². The largest absolute Gasteiger partial charge is 0.381 e. The molecule has 0 bridgehead atoms. The number of nitro groups is 1. The van der Waals surface area contributed by atoms with Crippen molar-refractivity contribution < 1.29 is 4.92 Å². The van der Waals surface area contributed by atoms with E-state index < -0.39 is 4.92 Å². The molecule has 0 saturated heterocycles. The normalized spacial score (nSPS) is 9.90. The lowest BCUT2D eigenvalue weighted by atomic mass is 10.1. The van der Waals surface area contributed by atoms with Crippen LogP contribution in [0, 0.1) is 21.4 Å². The summed E-state index contributed by atoms with van der Waals surface area (Å²) >= 11 is 0. The molecule has 2 aromatic carbocycles. The van der Waals surface area contributed by atoms with Crippen LogP contribution in [0.25, 0.3) is 0 Å². The number of nitro benzene ring substituents is 1. The first-order valence-electron chi connectivity index (χ1n) is 6.64. The van der Waals surface area contributed by atoms with E-state index in [9.17, 15) is 10.1 Å². The summed E-state index contributed by atoms with van der Waals surface area (Å²) in [5.74, 6) is 0. The molecule has 0 spiro atoms. The van der Waals surface area contributed by atoms with Crippen LogP contribution in [0.4, 0.5) is 11.4 Å². The molecule has 0 radical (unpaired) electrons. The molecule has 0 aliphatic heterocycles. The van der Waals surface area contributed by atoms with Gasteiger partial charge in [-0.15, -0.1) is 0 Å². The van der Waals surface area contributed by atoms with E-state index in [1.807, 2.05) is 18.2 Å². The Hall–Kier alpha value is -2.87. The molecule has 0 saturated carbocycles. The molecule has 21 heavy (non-hydrogen) atoms. The van der Waals surface area contributed by atoms with Gasteiger partial charge in [0.15, 0.2) is 0 Å². The van der Waals surface area contributed by atoms with Crippen molar-refractivity contribution in [3.8, 4) is 6.07 Å². The molecule has 0 unspecified atom stereocenters. The maximum Gasteiger partial charge on any atom is 0.289 e. The quantitative estimate of drug-likeness (QED) is 0.670. The Bertz CT molecular complexity index is 688. The fourth-order valence-corrected chi connectivity index (χ4v) is 1.98. The van der Waals surface area contributed by atoms with Gasteiger partial charge in [-0.1, -0.05) is 31.2 Å². The van der Waals surface area contributed by atoms with Crippen LogP contribution in [0.15, 0.2) is 42.5 Å². The lowest BCUT2D eigenvalue weighted by Crippen LogP contribution is -2.01. The lowest BCUT2D eigenvalue weighted by molar-refractivity contribution is -0.385. The Labute approximate surface area is 123 Å². The molecule has 5 heteroatoms. The minimum atomic E-state index is -0.542. The van der Waals surface area contributed by atoms with Crippen molar-refractivity contribution in [3.63, 3.8) is 0 Å². The lowest BCUT2D eigenvalue weighted by Gasteiger charge is -2.07. The van der Waals surface area contributed by atoms with Gasteiger partial charge in [-0.05, 0) is 29.7 Å². The second kappa shape index (κ2) is 6.53. The first-order valence-corrected chi connectivity index (χ1v) is 6.64. The summed E-state index contributed by atoms with van der Waals surface area (Å²) in [5, 5.41) is 22.9. The molecule has 0 aliphatic rings. The van der Waals surface area contributed by atoms with Crippen molar-refractivity contribution in [1.82, 2.24) is 0 Å². The third-order valence-corrected chi connectivity index (χ3v) is 3.24. The second-order valence-electron chi connectivity index (χ2n) is 4.62. The fourth-order valence-electron chi connectivity index (χ4n) is 1.98. The van der Waals surface area contributed by atoms with E-state index in [4.69, 9.17) is 5.26 Å². The standard InChI is InChI=1S/C16H15N3O2/c1-2-12-3-5-13(6-4-12)11-18-15-8-7-14(10-17)16(9-15)19(20)21/h3-9,18H,2,11H2,1H3. The van der Waals surface area contributed by atoms with Crippen molar-refractivity contribution in [2.75, 3.05) is 5.32 Å². The predicted molar refractivity (Wildman–Crippen MR) is 81.0 cm³/mol. The summed E-state index contributed by atoms with van der Waals surface area (Å²) < 4.78 is 0.